The smallest absolute Gasteiger partial charge is 0.224 e. The molecule has 0 aliphatic carbocycles. The van der Waals surface area contributed by atoms with Gasteiger partial charge in [0.1, 0.15) is 0 Å². The van der Waals surface area contributed by atoms with Crippen LogP contribution in [0.5, 0.6) is 0 Å². The van der Waals surface area contributed by atoms with E-state index in [1.807, 2.05) is 30.3 Å². The topological polar surface area (TPSA) is 107 Å². The fourth-order valence-corrected chi connectivity index (χ4v) is 3.68. The zero-order valence-corrected chi connectivity index (χ0v) is 16.3. The molecule has 0 atom stereocenters. The van der Waals surface area contributed by atoms with E-state index in [1.165, 1.54) is 10.9 Å². The normalized spacial score (nSPS) is 11.3. The van der Waals surface area contributed by atoms with E-state index in [-0.39, 0.29) is 23.0 Å². The first-order chi connectivity index (χ1) is 13.5. The van der Waals surface area contributed by atoms with Gasteiger partial charge in [0.15, 0.2) is 9.84 Å². The number of carbonyl (C=O) groups excluding carboxylic acids is 1. The first kappa shape index (κ1) is 19.7. The van der Waals surface area contributed by atoms with Crippen molar-refractivity contribution in [1.82, 2.24) is 20.2 Å². The van der Waals surface area contributed by atoms with Crippen molar-refractivity contribution in [2.45, 2.75) is 31.2 Å². The van der Waals surface area contributed by atoms with E-state index >= 15 is 0 Å². The van der Waals surface area contributed by atoms with Gasteiger partial charge >= 0.3 is 0 Å². The predicted octanol–water partition coefficient (Wildman–Crippen LogP) is 2.55. The Morgan fingerprint density at radius 3 is 2.54 bits per heavy atom. The molecule has 0 unspecified atom stereocenters. The molecule has 28 heavy (non-hydrogen) atoms. The van der Waals surface area contributed by atoms with Crippen molar-refractivity contribution in [1.29, 1.82) is 0 Å². The molecule has 0 spiro atoms. The monoisotopic (exact) mass is 399 g/mol. The molecule has 8 nitrogen and oxygen atoms in total. The molecular formula is C19H21N5O3S. The zero-order valence-electron chi connectivity index (χ0n) is 15.4. The number of hydrogen-bond donors (Lipinski definition) is 1. The Morgan fingerprint density at radius 2 is 1.79 bits per heavy atom. The van der Waals surface area contributed by atoms with Crippen LogP contribution in [0.4, 0.5) is 5.69 Å². The summed E-state index contributed by atoms with van der Waals surface area (Å²) >= 11 is 0. The number of anilines is 1. The fraction of sp³-hybridized carbons (Fsp3) is 0.263. The summed E-state index contributed by atoms with van der Waals surface area (Å²) < 4.78 is 24.3. The summed E-state index contributed by atoms with van der Waals surface area (Å²) in [6.45, 7) is 2.00. The standard InChI is InChI=1S/C19H21N5O3S/c1-2-28(26,27)17-12-7-6-11-16(17)20-18(25)13-8-14-24-22-19(21-23-24)15-9-4-3-5-10-15/h3-7,9-12H,2,8,13-14H2,1H3,(H,20,25). The number of aryl methyl sites for hydroxylation is 1. The third-order valence-electron chi connectivity index (χ3n) is 4.12. The van der Waals surface area contributed by atoms with E-state index < -0.39 is 9.84 Å². The second-order valence-electron chi connectivity index (χ2n) is 6.13. The lowest BCUT2D eigenvalue weighted by Gasteiger charge is -2.10. The van der Waals surface area contributed by atoms with Crippen molar-refractivity contribution in [2.75, 3.05) is 11.1 Å². The van der Waals surface area contributed by atoms with Gasteiger partial charge in [-0.15, -0.1) is 10.2 Å². The SMILES string of the molecule is CCS(=O)(=O)c1ccccc1NC(=O)CCCn1nnc(-c2ccccc2)n1. The van der Waals surface area contributed by atoms with E-state index in [1.54, 1.807) is 25.1 Å². The van der Waals surface area contributed by atoms with Crippen LogP contribution in [0.15, 0.2) is 59.5 Å². The van der Waals surface area contributed by atoms with Gasteiger partial charge in [-0.05, 0) is 23.8 Å². The minimum absolute atomic E-state index is 0.0262. The fourth-order valence-electron chi connectivity index (χ4n) is 2.63. The third kappa shape index (κ3) is 4.80. The highest BCUT2D eigenvalue weighted by Gasteiger charge is 2.17. The summed E-state index contributed by atoms with van der Waals surface area (Å²) in [5.74, 6) is 0.243. The number of nitrogens with one attached hydrogen (secondary N) is 1. The highest BCUT2D eigenvalue weighted by Crippen LogP contribution is 2.22. The zero-order chi connectivity index (χ0) is 20.0. The Morgan fingerprint density at radius 1 is 1.07 bits per heavy atom. The van der Waals surface area contributed by atoms with Gasteiger partial charge in [0.05, 0.1) is 22.9 Å². The van der Waals surface area contributed by atoms with E-state index in [4.69, 9.17) is 0 Å². The largest absolute Gasteiger partial charge is 0.325 e. The molecule has 0 aliphatic rings. The first-order valence-electron chi connectivity index (χ1n) is 8.94. The van der Waals surface area contributed by atoms with Gasteiger partial charge in [0.2, 0.25) is 11.7 Å². The molecule has 3 rings (SSSR count). The summed E-state index contributed by atoms with van der Waals surface area (Å²) in [7, 11) is -3.41. The number of carbonyl (C=O) groups is 1. The summed E-state index contributed by atoms with van der Waals surface area (Å²) in [5, 5.41) is 15.0. The Bertz CT molecular complexity index is 1050. The lowest BCUT2D eigenvalue weighted by molar-refractivity contribution is -0.116. The Hall–Kier alpha value is -3.07. The molecule has 1 amide bonds. The lowest BCUT2D eigenvalue weighted by Crippen LogP contribution is -2.16. The number of hydrogen-bond acceptors (Lipinski definition) is 6. The highest BCUT2D eigenvalue weighted by atomic mass is 32.2. The van der Waals surface area contributed by atoms with Crippen LogP contribution in [0, 0.1) is 0 Å². The minimum Gasteiger partial charge on any atom is -0.325 e. The third-order valence-corrected chi connectivity index (χ3v) is 5.91. The van der Waals surface area contributed by atoms with E-state index in [2.05, 4.69) is 20.7 Å². The van der Waals surface area contributed by atoms with Gasteiger partial charge < -0.3 is 5.32 Å². The number of para-hydroxylation sites is 1. The minimum atomic E-state index is -3.41. The molecule has 1 aromatic heterocycles. The number of sulfone groups is 1. The number of benzene rings is 2. The van der Waals surface area contributed by atoms with Crippen molar-refractivity contribution in [3.05, 3.63) is 54.6 Å². The van der Waals surface area contributed by atoms with Crippen LogP contribution < -0.4 is 5.32 Å². The van der Waals surface area contributed by atoms with E-state index in [0.717, 1.165) is 5.56 Å². The van der Waals surface area contributed by atoms with E-state index in [0.29, 0.717) is 24.5 Å². The Labute approximate surface area is 163 Å². The number of amides is 1. The van der Waals surface area contributed by atoms with Crippen molar-refractivity contribution < 1.29 is 13.2 Å². The molecule has 0 radical (unpaired) electrons. The second kappa shape index (κ2) is 8.75. The van der Waals surface area contributed by atoms with Crippen LogP contribution in [-0.4, -0.2) is 40.3 Å². The second-order valence-corrected chi connectivity index (χ2v) is 8.37. The van der Waals surface area contributed by atoms with Crippen LogP contribution in [0.1, 0.15) is 19.8 Å². The van der Waals surface area contributed by atoms with Crippen molar-refractivity contribution in [3.63, 3.8) is 0 Å². The number of tetrazole rings is 1. The molecule has 3 aromatic rings. The van der Waals surface area contributed by atoms with Crippen molar-refractivity contribution >= 4 is 21.4 Å². The molecule has 146 valence electrons. The number of nitrogens with zero attached hydrogens (tertiary/aromatic N) is 4. The van der Waals surface area contributed by atoms with Crippen LogP contribution in [-0.2, 0) is 21.2 Å². The van der Waals surface area contributed by atoms with Gasteiger partial charge in [-0.25, -0.2) is 8.42 Å². The first-order valence-corrected chi connectivity index (χ1v) is 10.6. The van der Waals surface area contributed by atoms with Crippen molar-refractivity contribution in [3.8, 4) is 11.4 Å². The molecule has 1 N–H and O–H groups in total. The van der Waals surface area contributed by atoms with Crippen LogP contribution in [0.3, 0.4) is 0 Å². The molecule has 0 saturated carbocycles. The summed E-state index contributed by atoms with van der Waals surface area (Å²) in [6.07, 6.45) is 0.710. The van der Waals surface area contributed by atoms with Gasteiger partial charge in [0.25, 0.3) is 0 Å². The molecule has 0 saturated heterocycles. The van der Waals surface area contributed by atoms with E-state index in [9.17, 15) is 13.2 Å². The molecular weight excluding hydrogens is 378 g/mol. The maximum Gasteiger partial charge on any atom is 0.224 e. The molecule has 0 fully saturated rings. The number of rotatable bonds is 8. The maximum atomic E-state index is 12.2. The van der Waals surface area contributed by atoms with Crippen LogP contribution >= 0.6 is 0 Å². The molecule has 0 aliphatic heterocycles. The molecule has 9 heteroatoms. The van der Waals surface area contributed by atoms with Gasteiger partial charge in [-0.3, -0.25) is 4.79 Å². The quantitative estimate of drug-likeness (QED) is 0.624. The summed E-state index contributed by atoms with van der Waals surface area (Å²) in [4.78, 5) is 13.8. The predicted molar refractivity (Wildman–Crippen MR) is 105 cm³/mol. The summed E-state index contributed by atoms with van der Waals surface area (Å²) in [5.41, 5.74) is 1.18. The van der Waals surface area contributed by atoms with Gasteiger partial charge in [-0.1, -0.05) is 49.4 Å². The van der Waals surface area contributed by atoms with Crippen LogP contribution in [0.2, 0.25) is 0 Å². The van der Waals surface area contributed by atoms with Gasteiger partial charge in [-0.2, -0.15) is 4.80 Å². The van der Waals surface area contributed by atoms with Crippen molar-refractivity contribution in [2.24, 2.45) is 0 Å². The Balaban J connectivity index is 1.56. The lowest BCUT2D eigenvalue weighted by atomic mass is 10.2. The molecule has 1 heterocycles. The average Bonchev–Trinajstić information content (AvgIpc) is 3.18. The summed E-state index contributed by atoms with van der Waals surface area (Å²) in [6, 6.07) is 15.9. The maximum absolute atomic E-state index is 12.2. The average molecular weight is 399 g/mol. The van der Waals surface area contributed by atoms with Crippen LogP contribution in [0.25, 0.3) is 11.4 Å². The number of aromatic nitrogens is 4. The molecule has 2 aromatic carbocycles. The Kier molecular flexibility index (Phi) is 6.15. The molecule has 0 bridgehead atoms. The highest BCUT2D eigenvalue weighted by molar-refractivity contribution is 7.91. The van der Waals surface area contributed by atoms with Gasteiger partial charge in [0, 0.05) is 12.0 Å².